The monoisotopic (exact) mass is 250 g/mol. The van der Waals surface area contributed by atoms with Gasteiger partial charge in [0, 0.05) is 14.1 Å². The highest BCUT2D eigenvalue weighted by Gasteiger charge is 2.20. The minimum atomic E-state index is -1.11. The van der Waals surface area contributed by atoms with Crippen molar-refractivity contribution in [1.82, 2.24) is 19.1 Å². The molecule has 2 N–H and O–H groups in total. The van der Waals surface area contributed by atoms with Crippen LogP contribution in [0.2, 0.25) is 0 Å². The summed E-state index contributed by atoms with van der Waals surface area (Å²) in [6, 6.07) is 0. The largest absolute Gasteiger partial charge is 0.477 e. The summed E-state index contributed by atoms with van der Waals surface area (Å²) in [4.78, 5) is 29.7. The molecule has 0 fully saturated rings. The molecule has 0 radical (unpaired) electrons. The summed E-state index contributed by atoms with van der Waals surface area (Å²) in [5.74, 6) is -1.63. The normalized spacial score (nSPS) is 10.6. The average molecular weight is 250 g/mol. The second-order valence-electron chi connectivity index (χ2n) is 3.66. The van der Waals surface area contributed by atoms with Gasteiger partial charge in [-0.1, -0.05) is 0 Å². The van der Waals surface area contributed by atoms with Crippen LogP contribution in [0.3, 0.4) is 0 Å². The van der Waals surface area contributed by atoms with Gasteiger partial charge in [-0.3, -0.25) is 0 Å². The molecule has 0 unspecified atom stereocenters. The molecule has 18 heavy (non-hydrogen) atoms. The molecule has 0 aliphatic rings. The fourth-order valence-corrected chi connectivity index (χ4v) is 1.63. The summed E-state index contributed by atoms with van der Waals surface area (Å²) < 4.78 is 2.69. The summed E-state index contributed by atoms with van der Waals surface area (Å²) >= 11 is 0. The number of hydrogen-bond acceptors (Lipinski definition) is 4. The van der Waals surface area contributed by atoms with Gasteiger partial charge in [0.25, 0.3) is 0 Å². The Hall–Kier alpha value is -2.64. The van der Waals surface area contributed by atoms with E-state index in [1.165, 1.54) is 35.6 Å². The number of imidazole rings is 2. The van der Waals surface area contributed by atoms with Gasteiger partial charge in [-0.15, -0.1) is 0 Å². The van der Waals surface area contributed by atoms with Gasteiger partial charge in [0.2, 0.25) is 0 Å². The maximum Gasteiger partial charge on any atom is 0.354 e. The van der Waals surface area contributed by atoms with Crippen molar-refractivity contribution >= 4 is 11.9 Å². The molecule has 0 amide bonds. The van der Waals surface area contributed by atoms with E-state index >= 15 is 0 Å². The highest BCUT2D eigenvalue weighted by Crippen LogP contribution is 2.18. The predicted octanol–water partition coefficient (Wildman–Crippen LogP) is 0.217. The smallest absolute Gasteiger partial charge is 0.354 e. The Kier molecular flexibility index (Phi) is 2.62. The number of aromatic nitrogens is 4. The first-order valence-electron chi connectivity index (χ1n) is 4.94. The van der Waals surface area contributed by atoms with Gasteiger partial charge >= 0.3 is 11.9 Å². The summed E-state index contributed by atoms with van der Waals surface area (Å²) in [5.41, 5.74) is 0.00903. The van der Waals surface area contributed by atoms with Gasteiger partial charge in [-0.2, -0.15) is 0 Å². The van der Waals surface area contributed by atoms with E-state index in [1.807, 2.05) is 0 Å². The van der Waals surface area contributed by atoms with Crippen LogP contribution in [0.15, 0.2) is 12.4 Å². The van der Waals surface area contributed by atoms with Crippen molar-refractivity contribution in [3.63, 3.8) is 0 Å². The highest BCUT2D eigenvalue weighted by molar-refractivity contribution is 5.87. The summed E-state index contributed by atoms with van der Waals surface area (Å²) in [6.07, 6.45) is 2.40. The van der Waals surface area contributed by atoms with Crippen LogP contribution in [-0.2, 0) is 14.1 Å². The molecule has 2 aromatic heterocycles. The molecule has 0 aliphatic carbocycles. The quantitative estimate of drug-likeness (QED) is 0.806. The number of hydrogen-bond donors (Lipinski definition) is 2. The van der Waals surface area contributed by atoms with Gasteiger partial charge < -0.3 is 19.3 Å². The van der Waals surface area contributed by atoms with Crippen molar-refractivity contribution in [3.8, 4) is 11.6 Å². The summed E-state index contributed by atoms with van der Waals surface area (Å²) in [6.45, 7) is 0. The van der Waals surface area contributed by atoms with Gasteiger partial charge in [-0.25, -0.2) is 19.6 Å². The molecule has 94 valence electrons. The van der Waals surface area contributed by atoms with E-state index in [2.05, 4.69) is 9.97 Å². The van der Waals surface area contributed by atoms with Crippen LogP contribution in [-0.4, -0.2) is 41.3 Å². The average Bonchev–Trinajstić information content (AvgIpc) is 2.81. The first kappa shape index (κ1) is 11.8. The zero-order valence-corrected chi connectivity index (χ0v) is 9.65. The second kappa shape index (κ2) is 3.99. The fraction of sp³-hybridized carbons (Fsp3) is 0.200. The third-order valence-corrected chi connectivity index (χ3v) is 2.61. The molecular formula is C10H10N4O4. The molecule has 8 nitrogen and oxygen atoms in total. The molecular weight excluding hydrogens is 240 g/mol. The molecule has 0 aromatic carbocycles. The SMILES string of the molecule is Cn1c(C(=O)O)cnc1-c1ncc(C(=O)O)n1C. The number of carbonyl (C=O) groups is 2. The van der Waals surface area contributed by atoms with Crippen molar-refractivity contribution in [2.24, 2.45) is 14.1 Å². The molecule has 2 rings (SSSR count). The molecule has 0 spiro atoms. The lowest BCUT2D eigenvalue weighted by molar-refractivity contribution is 0.0675. The van der Waals surface area contributed by atoms with Crippen molar-refractivity contribution in [2.45, 2.75) is 0 Å². The van der Waals surface area contributed by atoms with Crippen molar-refractivity contribution < 1.29 is 19.8 Å². The Labute approximate surface area is 101 Å². The van der Waals surface area contributed by atoms with Crippen molar-refractivity contribution in [2.75, 3.05) is 0 Å². The maximum atomic E-state index is 10.9. The Balaban J connectivity index is 2.56. The lowest BCUT2D eigenvalue weighted by Crippen LogP contribution is -2.09. The maximum absolute atomic E-state index is 10.9. The van der Waals surface area contributed by atoms with E-state index in [0.29, 0.717) is 11.6 Å². The summed E-state index contributed by atoms with van der Waals surface area (Å²) in [7, 11) is 3.06. The zero-order valence-electron chi connectivity index (χ0n) is 9.65. The minimum Gasteiger partial charge on any atom is -0.477 e. The molecule has 2 aromatic rings. The molecule has 0 aliphatic heterocycles. The van der Waals surface area contributed by atoms with E-state index < -0.39 is 11.9 Å². The van der Waals surface area contributed by atoms with Crippen LogP contribution in [0.1, 0.15) is 21.0 Å². The molecule has 0 bridgehead atoms. The molecule has 2 heterocycles. The Bertz CT molecular complexity index is 584. The highest BCUT2D eigenvalue weighted by atomic mass is 16.4. The molecule has 0 saturated carbocycles. The van der Waals surface area contributed by atoms with Gasteiger partial charge in [0.15, 0.2) is 11.6 Å². The molecule has 0 saturated heterocycles. The van der Waals surface area contributed by atoms with Gasteiger partial charge in [-0.05, 0) is 0 Å². The summed E-state index contributed by atoms with van der Waals surface area (Å²) in [5, 5.41) is 17.8. The van der Waals surface area contributed by atoms with Gasteiger partial charge in [0.1, 0.15) is 11.4 Å². The van der Waals surface area contributed by atoms with Crippen LogP contribution in [0.4, 0.5) is 0 Å². The number of aromatic carboxylic acids is 2. The Morgan fingerprint density at radius 2 is 1.28 bits per heavy atom. The topological polar surface area (TPSA) is 110 Å². The third-order valence-electron chi connectivity index (χ3n) is 2.61. The van der Waals surface area contributed by atoms with E-state index in [1.54, 1.807) is 0 Å². The lowest BCUT2D eigenvalue weighted by atomic mass is 10.4. The standard InChI is InChI=1S/C10H10N4O4/c1-13-5(9(15)16)3-11-7(13)8-12-4-6(10(17)18)14(8)2/h3-4H,1-2H3,(H,15,16)(H,17,18). The second-order valence-corrected chi connectivity index (χ2v) is 3.66. The number of carboxylic acids is 2. The van der Waals surface area contributed by atoms with Crippen molar-refractivity contribution in [3.05, 3.63) is 23.8 Å². The minimum absolute atomic E-state index is 0.00451. The number of nitrogens with zero attached hydrogens (tertiary/aromatic N) is 4. The number of carboxylic acid groups (broad SMARTS) is 2. The number of rotatable bonds is 3. The third kappa shape index (κ3) is 1.63. The van der Waals surface area contributed by atoms with Crippen LogP contribution in [0, 0.1) is 0 Å². The van der Waals surface area contributed by atoms with E-state index in [4.69, 9.17) is 10.2 Å². The van der Waals surface area contributed by atoms with Crippen LogP contribution in [0.25, 0.3) is 11.6 Å². The molecule has 8 heteroatoms. The van der Waals surface area contributed by atoms with E-state index in [9.17, 15) is 9.59 Å². The van der Waals surface area contributed by atoms with Crippen molar-refractivity contribution in [1.29, 1.82) is 0 Å². The van der Waals surface area contributed by atoms with E-state index in [0.717, 1.165) is 0 Å². The molecule has 0 atom stereocenters. The Morgan fingerprint density at radius 3 is 1.50 bits per heavy atom. The van der Waals surface area contributed by atoms with Gasteiger partial charge in [0.05, 0.1) is 12.4 Å². The first-order chi connectivity index (χ1) is 8.43. The first-order valence-corrected chi connectivity index (χ1v) is 4.94. The predicted molar refractivity (Wildman–Crippen MR) is 59.3 cm³/mol. The fourth-order valence-electron chi connectivity index (χ4n) is 1.63. The van der Waals surface area contributed by atoms with Crippen LogP contribution >= 0.6 is 0 Å². The zero-order chi connectivity index (χ0) is 13.4. The van der Waals surface area contributed by atoms with E-state index in [-0.39, 0.29) is 11.4 Å². The lowest BCUT2D eigenvalue weighted by Gasteiger charge is -2.04. The van der Waals surface area contributed by atoms with Crippen LogP contribution < -0.4 is 0 Å². The van der Waals surface area contributed by atoms with Crippen LogP contribution in [0.5, 0.6) is 0 Å². The Morgan fingerprint density at radius 1 is 0.944 bits per heavy atom.